The molecule has 0 spiro atoms. The highest BCUT2D eigenvalue weighted by molar-refractivity contribution is 6.18. The largest absolute Gasteiger partial charge is 0.383 e. The molecule has 2 aromatic carbocycles. The number of aromatic nitrogens is 2. The molecule has 0 aliphatic carbocycles. The van der Waals surface area contributed by atoms with E-state index in [1.807, 2.05) is 0 Å². The number of aryl methyl sites for hydroxylation is 2. The number of nitrogens with one attached hydrogen (secondary N) is 2. The van der Waals surface area contributed by atoms with Gasteiger partial charge in [-0.1, -0.05) is 24.3 Å². The normalized spacial score (nSPS) is 17.0. The fraction of sp³-hybridized carbons (Fsp3) is 0.467. The maximum absolute atomic E-state index is 5.48. The molecule has 0 bridgehead atoms. The number of hydrogen-bond donors (Lipinski definition) is 2. The third kappa shape index (κ3) is 6.21. The van der Waals surface area contributed by atoms with E-state index in [2.05, 4.69) is 70.7 Å². The number of fused-ring (bicyclic) bond motifs is 5. The van der Waals surface area contributed by atoms with Crippen molar-refractivity contribution in [3.8, 4) is 0 Å². The minimum absolute atomic E-state index is 0. The Hall–Kier alpha value is -2.75. The van der Waals surface area contributed by atoms with Crippen molar-refractivity contribution in [1.29, 1.82) is 0 Å². The van der Waals surface area contributed by atoms with E-state index in [9.17, 15) is 0 Å². The molecule has 0 amide bonds. The van der Waals surface area contributed by atoms with Crippen LogP contribution in [0.4, 0.5) is 11.4 Å². The second-order valence-corrected chi connectivity index (χ2v) is 10.4. The molecule has 2 aliphatic heterocycles. The first-order valence-corrected chi connectivity index (χ1v) is 13.9. The summed E-state index contributed by atoms with van der Waals surface area (Å²) in [5.41, 5.74) is 6.38. The first-order valence-electron chi connectivity index (χ1n) is 13.9. The summed E-state index contributed by atoms with van der Waals surface area (Å²) in [6.45, 7) is 15.3. The van der Waals surface area contributed by atoms with Gasteiger partial charge in [-0.05, 0) is 26.0 Å². The Morgan fingerprint density at radius 3 is 1.44 bits per heavy atom. The van der Waals surface area contributed by atoms with Crippen molar-refractivity contribution in [3.05, 3.63) is 47.8 Å². The number of hydrogen-bond acceptors (Lipinski definition) is 8. The second kappa shape index (κ2) is 12.6. The number of ether oxygens (including phenoxy) is 2. The molecule has 6 rings (SSSR count). The zero-order valence-electron chi connectivity index (χ0n) is 23.0. The smallest absolute Gasteiger partial charge is 0.0805 e. The molecule has 208 valence electrons. The summed E-state index contributed by atoms with van der Waals surface area (Å²) in [4.78, 5) is 14.9. The Morgan fingerprint density at radius 2 is 1.03 bits per heavy atom. The fourth-order valence-corrected chi connectivity index (χ4v) is 5.68. The van der Waals surface area contributed by atoms with Gasteiger partial charge in [0.15, 0.2) is 0 Å². The average molecular weight is 551 g/mol. The van der Waals surface area contributed by atoms with Crippen LogP contribution in [-0.2, 0) is 9.47 Å². The van der Waals surface area contributed by atoms with E-state index in [0.717, 1.165) is 134 Å². The van der Waals surface area contributed by atoms with Crippen LogP contribution in [0.25, 0.3) is 32.6 Å². The van der Waals surface area contributed by atoms with Crippen LogP contribution < -0.4 is 10.6 Å². The molecule has 0 unspecified atom stereocenters. The van der Waals surface area contributed by atoms with Crippen molar-refractivity contribution in [2.24, 2.45) is 0 Å². The van der Waals surface area contributed by atoms with Crippen molar-refractivity contribution < 1.29 is 9.47 Å². The highest BCUT2D eigenvalue weighted by Gasteiger charge is 2.15. The standard InChI is InChI=1S/C30H38N6O2.ClH/c1-21-19-27(31-7-9-35-11-15-37-16-12-35)25-5-4-24-23(29(25)33-21)3-6-26-28(20-22(2)34-30(24)26)32-8-10-36-13-17-38-18-14-36;/h3-6,19-20H,7-18H2,1-2H3,(H,31,33)(H,32,34);1H. The van der Waals surface area contributed by atoms with Gasteiger partial charge in [-0.25, -0.2) is 0 Å². The Balaban J connectivity index is 0.00000308. The van der Waals surface area contributed by atoms with E-state index in [1.165, 1.54) is 0 Å². The number of benzene rings is 2. The summed E-state index contributed by atoms with van der Waals surface area (Å²) >= 11 is 0. The number of morpholine rings is 2. The van der Waals surface area contributed by atoms with Crippen LogP contribution in [0.1, 0.15) is 11.4 Å². The van der Waals surface area contributed by atoms with Crippen LogP contribution >= 0.6 is 12.4 Å². The monoisotopic (exact) mass is 550 g/mol. The molecule has 2 saturated heterocycles. The number of rotatable bonds is 8. The number of halogens is 1. The van der Waals surface area contributed by atoms with Crippen LogP contribution in [-0.4, -0.2) is 98.6 Å². The van der Waals surface area contributed by atoms with Crippen molar-refractivity contribution in [2.75, 3.05) is 89.4 Å². The van der Waals surface area contributed by atoms with Gasteiger partial charge in [0.1, 0.15) is 0 Å². The first kappa shape index (κ1) is 27.8. The summed E-state index contributed by atoms with van der Waals surface area (Å²) < 4.78 is 11.0. The van der Waals surface area contributed by atoms with Gasteiger partial charge >= 0.3 is 0 Å². The van der Waals surface area contributed by atoms with Crippen molar-refractivity contribution >= 4 is 56.4 Å². The quantitative estimate of drug-likeness (QED) is 0.311. The van der Waals surface area contributed by atoms with E-state index in [1.54, 1.807) is 0 Å². The van der Waals surface area contributed by atoms with Crippen molar-refractivity contribution in [1.82, 2.24) is 19.8 Å². The minimum atomic E-state index is 0. The molecule has 9 heteroatoms. The van der Waals surface area contributed by atoms with Crippen LogP contribution in [0.3, 0.4) is 0 Å². The Labute approximate surface area is 236 Å². The second-order valence-electron chi connectivity index (χ2n) is 10.4. The van der Waals surface area contributed by atoms with Gasteiger partial charge in [0.25, 0.3) is 0 Å². The van der Waals surface area contributed by atoms with E-state index < -0.39 is 0 Å². The van der Waals surface area contributed by atoms with Gasteiger partial charge in [0.05, 0.1) is 37.5 Å². The van der Waals surface area contributed by atoms with Gasteiger partial charge in [0.2, 0.25) is 0 Å². The molecule has 0 atom stereocenters. The number of nitrogens with zero attached hydrogens (tertiary/aromatic N) is 4. The highest BCUT2D eigenvalue weighted by atomic mass is 35.5. The van der Waals surface area contributed by atoms with Gasteiger partial charge in [-0.2, -0.15) is 0 Å². The SMILES string of the molecule is Cc1cc(NCCN2CCOCC2)c2ccc3c(ccc4c(NCCN5CCOCC5)cc(C)nc43)c2n1.Cl. The fourth-order valence-electron chi connectivity index (χ4n) is 5.68. The summed E-state index contributed by atoms with van der Waals surface area (Å²) in [7, 11) is 0. The van der Waals surface area contributed by atoms with Gasteiger partial charge in [0, 0.05) is 96.7 Å². The van der Waals surface area contributed by atoms with E-state index in [4.69, 9.17) is 19.4 Å². The zero-order valence-corrected chi connectivity index (χ0v) is 23.8. The lowest BCUT2D eigenvalue weighted by Crippen LogP contribution is -2.39. The molecule has 0 saturated carbocycles. The van der Waals surface area contributed by atoms with E-state index in [0.29, 0.717) is 0 Å². The lowest BCUT2D eigenvalue weighted by atomic mass is 10.0. The topological polar surface area (TPSA) is 74.8 Å². The van der Waals surface area contributed by atoms with E-state index in [-0.39, 0.29) is 12.4 Å². The lowest BCUT2D eigenvalue weighted by Gasteiger charge is -2.26. The maximum Gasteiger partial charge on any atom is 0.0805 e. The third-order valence-corrected chi connectivity index (χ3v) is 7.70. The maximum atomic E-state index is 5.48. The summed E-state index contributed by atoms with van der Waals surface area (Å²) in [5.74, 6) is 0. The molecule has 2 N–H and O–H groups in total. The zero-order chi connectivity index (χ0) is 25.9. The Bertz CT molecular complexity index is 1330. The molecular formula is C30H39ClN6O2. The summed E-state index contributed by atoms with van der Waals surface area (Å²) in [5, 5.41) is 12.0. The molecule has 39 heavy (non-hydrogen) atoms. The third-order valence-electron chi connectivity index (χ3n) is 7.70. The van der Waals surface area contributed by atoms with Gasteiger partial charge < -0.3 is 20.1 Å². The van der Waals surface area contributed by atoms with E-state index >= 15 is 0 Å². The molecule has 8 nitrogen and oxygen atoms in total. The number of pyridine rings is 2. The predicted molar refractivity (Wildman–Crippen MR) is 163 cm³/mol. The molecule has 2 aliphatic rings. The lowest BCUT2D eigenvalue weighted by molar-refractivity contribution is 0.0398. The van der Waals surface area contributed by atoms with Gasteiger partial charge in [-0.3, -0.25) is 19.8 Å². The predicted octanol–water partition coefficient (Wildman–Crippen LogP) is 4.46. The van der Waals surface area contributed by atoms with Crippen LogP contribution in [0, 0.1) is 13.8 Å². The summed E-state index contributed by atoms with van der Waals surface area (Å²) in [6.07, 6.45) is 0. The van der Waals surface area contributed by atoms with Crippen LogP contribution in [0.15, 0.2) is 36.4 Å². The summed E-state index contributed by atoms with van der Waals surface area (Å²) in [6, 6.07) is 13.2. The highest BCUT2D eigenvalue weighted by Crippen LogP contribution is 2.35. The number of anilines is 2. The minimum Gasteiger partial charge on any atom is -0.383 e. The Kier molecular flexibility index (Phi) is 8.99. The Morgan fingerprint density at radius 1 is 0.641 bits per heavy atom. The molecule has 0 radical (unpaired) electrons. The molecule has 4 aromatic rings. The molecular weight excluding hydrogens is 512 g/mol. The average Bonchev–Trinajstić information content (AvgIpc) is 2.93. The molecule has 2 aromatic heterocycles. The van der Waals surface area contributed by atoms with Crippen molar-refractivity contribution in [2.45, 2.75) is 13.8 Å². The van der Waals surface area contributed by atoms with Crippen LogP contribution in [0.2, 0.25) is 0 Å². The molecule has 4 heterocycles. The first-order chi connectivity index (χ1) is 18.7. The van der Waals surface area contributed by atoms with Crippen molar-refractivity contribution in [3.63, 3.8) is 0 Å². The molecule has 2 fully saturated rings. The van der Waals surface area contributed by atoms with Crippen LogP contribution in [0.5, 0.6) is 0 Å². The van der Waals surface area contributed by atoms with Gasteiger partial charge in [-0.15, -0.1) is 12.4 Å².